The van der Waals surface area contributed by atoms with Crippen molar-refractivity contribution in [2.24, 2.45) is 0 Å². The lowest BCUT2D eigenvalue weighted by atomic mass is 9.86. The molecule has 0 aliphatic heterocycles. The van der Waals surface area contributed by atoms with Crippen molar-refractivity contribution in [1.29, 1.82) is 0 Å². The first-order valence-corrected chi connectivity index (χ1v) is 10.3. The summed E-state index contributed by atoms with van der Waals surface area (Å²) in [6.45, 7) is 1.67. The van der Waals surface area contributed by atoms with E-state index in [1.165, 1.54) is 16.9 Å². The molecule has 166 valence electrons. The van der Waals surface area contributed by atoms with Crippen molar-refractivity contribution in [1.82, 2.24) is 19.7 Å². The smallest absolute Gasteiger partial charge is 0.300 e. The van der Waals surface area contributed by atoms with E-state index in [9.17, 15) is 22.8 Å². The normalized spacial score (nSPS) is 15.2. The molecule has 0 radical (unpaired) electrons. The zero-order chi connectivity index (χ0) is 22.9. The summed E-state index contributed by atoms with van der Waals surface area (Å²) in [5.74, 6) is 0.602. The minimum atomic E-state index is -4.47. The highest BCUT2D eigenvalue weighted by Gasteiger charge is 2.31. The molecular weight excluding hydrogens is 421 g/mol. The molecule has 0 amide bonds. The van der Waals surface area contributed by atoms with Crippen LogP contribution in [0.2, 0.25) is 0 Å². The molecule has 0 N–H and O–H groups in total. The van der Waals surface area contributed by atoms with Gasteiger partial charge in [-0.1, -0.05) is 6.07 Å². The molecule has 0 aromatic carbocycles. The molecule has 1 aliphatic rings. The molecule has 4 rings (SSSR count). The SMILES string of the molecule is Cc1c(C(=O)Cc2ccc(C3CCC(=O)CC3)nc2)cnn1-c1ccc(C(F)(F)F)cn1. The third-order valence-corrected chi connectivity index (χ3v) is 5.78. The fraction of sp³-hybridized carbons (Fsp3) is 0.348. The number of hydrogen-bond acceptors (Lipinski definition) is 5. The highest BCUT2D eigenvalue weighted by molar-refractivity contribution is 5.98. The number of Topliss-reactive ketones (excluding diaryl/α,β-unsaturated/α-hetero) is 2. The second-order valence-electron chi connectivity index (χ2n) is 7.96. The van der Waals surface area contributed by atoms with Gasteiger partial charge in [0.15, 0.2) is 11.6 Å². The quantitative estimate of drug-likeness (QED) is 0.538. The molecule has 0 bridgehead atoms. The van der Waals surface area contributed by atoms with Crippen molar-refractivity contribution < 1.29 is 22.8 Å². The first-order valence-electron chi connectivity index (χ1n) is 10.3. The van der Waals surface area contributed by atoms with E-state index in [1.54, 1.807) is 13.1 Å². The summed E-state index contributed by atoms with van der Waals surface area (Å²) in [6.07, 6.45) is 2.27. The Hall–Kier alpha value is -3.36. The van der Waals surface area contributed by atoms with Gasteiger partial charge in [-0.3, -0.25) is 14.6 Å². The summed E-state index contributed by atoms with van der Waals surface area (Å²) in [7, 11) is 0. The second kappa shape index (κ2) is 8.64. The number of hydrogen-bond donors (Lipinski definition) is 0. The molecular formula is C23H21F3N4O2. The summed E-state index contributed by atoms with van der Waals surface area (Å²) >= 11 is 0. The van der Waals surface area contributed by atoms with Crippen LogP contribution in [0.25, 0.3) is 5.82 Å². The van der Waals surface area contributed by atoms with Crippen LogP contribution in [-0.2, 0) is 17.4 Å². The first-order chi connectivity index (χ1) is 15.2. The summed E-state index contributed by atoms with van der Waals surface area (Å²) in [5.41, 5.74) is 1.72. The van der Waals surface area contributed by atoms with Crippen LogP contribution in [0.5, 0.6) is 0 Å². The van der Waals surface area contributed by atoms with E-state index in [4.69, 9.17) is 0 Å². The monoisotopic (exact) mass is 442 g/mol. The van der Waals surface area contributed by atoms with Crippen LogP contribution in [0.15, 0.2) is 42.9 Å². The predicted octanol–water partition coefficient (Wildman–Crippen LogP) is 4.64. The highest BCUT2D eigenvalue weighted by Crippen LogP contribution is 2.30. The van der Waals surface area contributed by atoms with Gasteiger partial charge in [0.25, 0.3) is 0 Å². The number of ketones is 2. The molecule has 3 aromatic heterocycles. The van der Waals surface area contributed by atoms with Crippen molar-refractivity contribution in [2.75, 3.05) is 0 Å². The summed E-state index contributed by atoms with van der Waals surface area (Å²) in [6, 6.07) is 5.93. The Balaban J connectivity index is 1.45. The fourth-order valence-electron chi connectivity index (χ4n) is 3.89. The summed E-state index contributed by atoms with van der Waals surface area (Å²) in [4.78, 5) is 32.5. The number of alkyl halides is 3. The predicted molar refractivity (Wildman–Crippen MR) is 110 cm³/mol. The van der Waals surface area contributed by atoms with Crippen LogP contribution in [-0.4, -0.2) is 31.3 Å². The maximum atomic E-state index is 12.8. The second-order valence-corrected chi connectivity index (χ2v) is 7.96. The van der Waals surface area contributed by atoms with E-state index in [0.717, 1.165) is 36.4 Å². The van der Waals surface area contributed by atoms with Gasteiger partial charge in [0.05, 0.1) is 23.0 Å². The number of pyridine rings is 2. The van der Waals surface area contributed by atoms with Gasteiger partial charge in [-0.2, -0.15) is 18.3 Å². The van der Waals surface area contributed by atoms with Gasteiger partial charge in [0.1, 0.15) is 5.78 Å². The number of aromatic nitrogens is 4. The number of carbonyl (C=O) groups is 2. The molecule has 1 aliphatic carbocycles. The lowest BCUT2D eigenvalue weighted by Gasteiger charge is -2.20. The molecule has 0 unspecified atom stereocenters. The molecule has 9 heteroatoms. The van der Waals surface area contributed by atoms with Gasteiger partial charge in [-0.15, -0.1) is 0 Å². The third kappa shape index (κ3) is 4.61. The zero-order valence-electron chi connectivity index (χ0n) is 17.4. The Morgan fingerprint density at radius 3 is 2.41 bits per heavy atom. The Kier molecular flexibility index (Phi) is 5.90. The number of nitrogens with zero attached hydrogens (tertiary/aromatic N) is 4. The molecule has 0 saturated heterocycles. The van der Waals surface area contributed by atoms with Gasteiger partial charge in [0, 0.05) is 43.3 Å². The largest absolute Gasteiger partial charge is 0.417 e. The van der Waals surface area contributed by atoms with E-state index in [0.29, 0.717) is 29.9 Å². The van der Waals surface area contributed by atoms with Gasteiger partial charge in [-0.25, -0.2) is 9.67 Å². The fourth-order valence-corrected chi connectivity index (χ4v) is 3.89. The van der Waals surface area contributed by atoms with E-state index < -0.39 is 11.7 Å². The standard InChI is InChI=1S/C23H21F3N4O2/c1-14-19(13-29-30(14)22-9-5-17(12-28-22)23(24,25)26)21(32)10-15-2-8-20(27-11-15)16-3-6-18(31)7-4-16/h2,5,8-9,11-13,16H,3-4,6-7,10H2,1H3. The van der Waals surface area contributed by atoms with Gasteiger partial charge >= 0.3 is 6.18 Å². The maximum Gasteiger partial charge on any atom is 0.417 e. The molecule has 1 fully saturated rings. The minimum absolute atomic E-state index is 0.128. The lowest BCUT2D eigenvalue weighted by Crippen LogP contribution is -2.13. The number of halogens is 3. The molecule has 32 heavy (non-hydrogen) atoms. The average Bonchev–Trinajstić information content (AvgIpc) is 3.16. The van der Waals surface area contributed by atoms with Gasteiger partial charge in [-0.05, 0) is 43.5 Å². The minimum Gasteiger partial charge on any atom is -0.300 e. The Bertz CT molecular complexity index is 1130. The van der Waals surface area contributed by atoms with Crippen molar-refractivity contribution in [3.05, 3.63) is 70.9 Å². The Morgan fingerprint density at radius 1 is 1.06 bits per heavy atom. The van der Waals surface area contributed by atoms with Crippen molar-refractivity contribution in [3.63, 3.8) is 0 Å². The molecule has 6 nitrogen and oxygen atoms in total. The Labute approximate surface area is 182 Å². The van der Waals surface area contributed by atoms with Crippen molar-refractivity contribution in [2.45, 2.75) is 51.1 Å². The van der Waals surface area contributed by atoms with Crippen molar-refractivity contribution in [3.8, 4) is 5.82 Å². The van der Waals surface area contributed by atoms with Crippen LogP contribution in [0.3, 0.4) is 0 Å². The van der Waals surface area contributed by atoms with Crippen molar-refractivity contribution >= 4 is 11.6 Å². The van der Waals surface area contributed by atoms with Crippen LogP contribution < -0.4 is 0 Å². The summed E-state index contributed by atoms with van der Waals surface area (Å²) < 4.78 is 39.6. The molecule has 0 atom stereocenters. The molecule has 3 heterocycles. The van der Waals surface area contributed by atoms with E-state index in [2.05, 4.69) is 15.1 Å². The van der Waals surface area contributed by atoms with Gasteiger partial charge in [0.2, 0.25) is 0 Å². The van der Waals surface area contributed by atoms with E-state index in [1.807, 2.05) is 12.1 Å². The highest BCUT2D eigenvalue weighted by atomic mass is 19.4. The van der Waals surface area contributed by atoms with Crippen LogP contribution in [0, 0.1) is 6.92 Å². The lowest BCUT2D eigenvalue weighted by molar-refractivity contribution is -0.137. The molecule has 0 spiro atoms. The third-order valence-electron chi connectivity index (χ3n) is 5.78. The molecule has 1 saturated carbocycles. The zero-order valence-corrected chi connectivity index (χ0v) is 17.4. The number of carbonyl (C=O) groups excluding carboxylic acids is 2. The van der Waals surface area contributed by atoms with E-state index >= 15 is 0 Å². The maximum absolute atomic E-state index is 12.8. The van der Waals surface area contributed by atoms with Crippen LogP contribution in [0.4, 0.5) is 13.2 Å². The average molecular weight is 442 g/mol. The van der Waals surface area contributed by atoms with Crippen LogP contribution >= 0.6 is 0 Å². The topological polar surface area (TPSA) is 77.7 Å². The van der Waals surface area contributed by atoms with E-state index in [-0.39, 0.29) is 23.9 Å². The molecule has 3 aromatic rings. The van der Waals surface area contributed by atoms with Crippen LogP contribution in [0.1, 0.15) is 64.5 Å². The summed E-state index contributed by atoms with van der Waals surface area (Å²) in [5, 5.41) is 4.13. The van der Waals surface area contributed by atoms with Gasteiger partial charge < -0.3 is 0 Å². The first kappa shape index (κ1) is 21.9. The number of rotatable bonds is 5. The Morgan fingerprint density at radius 2 is 1.81 bits per heavy atom.